The second-order valence-corrected chi connectivity index (χ2v) is 6.75. The van der Waals surface area contributed by atoms with Crippen LogP contribution in [-0.2, 0) is 9.53 Å². The van der Waals surface area contributed by atoms with Gasteiger partial charge in [-0.25, -0.2) is 4.79 Å². The number of aliphatic carboxylic acids is 1. The van der Waals surface area contributed by atoms with Crippen LogP contribution in [0.25, 0.3) is 0 Å². The molecule has 2 rings (SSSR count). The lowest BCUT2D eigenvalue weighted by atomic mass is 9.77. The predicted molar refractivity (Wildman–Crippen MR) is 79.7 cm³/mol. The molecule has 0 aromatic heterocycles. The lowest BCUT2D eigenvalue weighted by molar-refractivity contribution is -0.156. The molecule has 0 heterocycles. The van der Waals surface area contributed by atoms with Crippen molar-refractivity contribution in [2.24, 2.45) is 11.8 Å². The molecular weight excluding hydrogens is 252 g/mol. The second kappa shape index (κ2) is 8.02. The van der Waals surface area contributed by atoms with Crippen LogP contribution in [0.4, 0.5) is 0 Å². The molecular formula is C17H30O3. The lowest BCUT2D eigenvalue weighted by Crippen LogP contribution is -2.31. The van der Waals surface area contributed by atoms with E-state index in [4.69, 9.17) is 9.84 Å². The van der Waals surface area contributed by atoms with E-state index in [0.717, 1.165) is 24.7 Å². The average molecular weight is 282 g/mol. The summed E-state index contributed by atoms with van der Waals surface area (Å²) >= 11 is 0. The lowest BCUT2D eigenvalue weighted by Gasteiger charge is -2.33. The van der Waals surface area contributed by atoms with Crippen molar-refractivity contribution in [3.05, 3.63) is 0 Å². The molecule has 0 aromatic rings. The van der Waals surface area contributed by atoms with Crippen LogP contribution in [0, 0.1) is 11.8 Å². The fraction of sp³-hybridized carbons (Fsp3) is 0.941. The summed E-state index contributed by atoms with van der Waals surface area (Å²) in [7, 11) is 0. The van der Waals surface area contributed by atoms with E-state index in [9.17, 15) is 4.79 Å². The minimum atomic E-state index is -0.808. The van der Waals surface area contributed by atoms with E-state index in [1.54, 1.807) is 0 Å². The van der Waals surface area contributed by atoms with Crippen LogP contribution in [0.5, 0.6) is 0 Å². The highest BCUT2D eigenvalue weighted by atomic mass is 16.5. The third-order valence-corrected chi connectivity index (χ3v) is 5.19. The minimum Gasteiger partial charge on any atom is -0.479 e. The number of hydrogen-bond acceptors (Lipinski definition) is 2. The highest BCUT2D eigenvalue weighted by molar-refractivity contribution is 5.72. The first-order valence-electron chi connectivity index (χ1n) is 8.57. The van der Waals surface area contributed by atoms with E-state index >= 15 is 0 Å². The zero-order chi connectivity index (χ0) is 14.4. The number of rotatable bonds is 6. The van der Waals surface area contributed by atoms with E-state index in [1.807, 2.05) is 6.92 Å². The molecule has 0 saturated heterocycles. The van der Waals surface area contributed by atoms with Crippen LogP contribution < -0.4 is 0 Å². The van der Waals surface area contributed by atoms with Gasteiger partial charge in [0.2, 0.25) is 0 Å². The van der Waals surface area contributed by atoms with Crippen molar-refractivity contribution in [2.45, 2.75) is 89.8 Å². The average Bonchev–Trinajstić information content (AvgIpc) is 2.47. The van der Waals surface area contributed by atoms with Crippen molar-refractivity contribution in [2.75, 3.05) is 0 Å². The Morgan fingerprint density at radius 3 is 2.20 bits per heavy atom. The molecule has 0 radical (unpaired) electrons. The van der Waals surface area contributed by atoms with Crippen LogP contribution in [0.1, 0.15) is 77.6 Å². The first-order valence-corrected chi connectivity index (χ1v) is 8.57. The van der Waals surface area contributed by atoms with E-state index in [2.05, 4.69) is 0 Å². The van der Waals surface area contributed by atoms with Gasteiger partial charge in [-0.1, -0.05) is 39.0 Å². The molecule has 2 fully saturated rings. The molecule has 0 spiro atoms. The van der Waals surface area contributed by atoms with Crippen molar-refractivity contribution in [3.63, 3.8) is 0 Å². The molecule has 0 aromatic carbocycles. The highest BCUT2D eigenvalue weighted by Gasteiger charge is 2.28. The van der Waals surface area contributed by atoms with Crippen molar-refractivity contribution in [3.8, 4) is 0 Å². The molecule has 0 amide bonds. The molecule has 1 N–H and O–H groups in total. The Balaban J connectivity index is 1.67. The van der Waals surface area contributed by atoms with E-state index < -0.39 is 12.1 Å². The number of carboxylic acids is 1. The molecule has 1 unspecified atom stereocenters. The Kier molecular flexibility index (Phi) is 6.34. The monoisotopic (exact) mass is 282 g/mol. The maximum absolute atomic E-state index is 11.0. The SMILES string of the molecule is CCC(OC1CCC(CC2CCCCC2)CC1)C(=O)O. The van der Waals surface area contributed by atoms with E-state index in [1.165, 1.54) is 51.4 Å². The Morgan fingerprint density at radius 1 is 1.05 bits per heavy atom. The molecule has 3 nitrogen and oxygen atoms in total. The fourth-order valence-electron chi connectivity index (χ4n) is 3.96. The standard InChI is InChI=1S/C17H30O3/c1-2-16(17(18)19)20-15-10-8-14(9-11-15)12-13-6-4-3-5-7-13/h13-16H,2-12H2,1H3,(H,18,19). The number of carbonyl (C=O) groups is 1. The zero-order valence-electron chi connectivity index (χ0n) is 12.9. The highest BCUT2D eigenvalue weighted by Crippen LogP contribution is 2.36. The Hall–Kier alpha value is -0.570. The van der Waals surface area contributed by atoms with E-state index in [0.29, 0.717) is 6.42 Å². The molecule has 116 valence electrons. The third kappa shape index (κ3) is 4.76. The topological polar surface area (TPSA) is 46.5 Å². The van der Waals surface area contributed by atoms with Gasteiger partial charge in [0.25, 0.3) is 0 Å². The smallest absolute Gasteiger partial charge is 0.332 e. The van der Waals surface area contributed by atoms with Gasteiger partial charge in [0.05, 0.1) is 6.10 Å². The van der Waals surface area contributed by atoms with Crippen molar-refractivity contribution < 1.29 is 14.6 Å². The molecule has 2 aliphatic rings. The van der Waals surface area contributed by atoms with Crippen molar-refractivity contribution >= 4 is 5.97 Å². The summed E-state index contributed by atoms with van der Waals surface area (Å²) < 4.78 is 5.74. The number of carboxylic acid groups (broad SMARTS) is 1. The molecule has 20 heavy (non-hydrogen) atoms. The summed E-state index contributed by atoms with van der Waals surface area (Å²) in [6.07, 6.45) is 13.3. The Labute approximate surface area is 123 Å². The summed E-state index contributed by atoms with van der Waals surface area (Å²) in [5, 5.41) is 9.05. The first-order chi connectivity index (χ1) is 9.69. The number of ether oxygens (including phenoxy) is 1. The maximum atomic E-state index is 11.0. The summed E-state index contributed by atoms with van der Waals surface area (Å²) in [6.45, 7) is 1.88. The first kappa shape index (κ1) is 15.8. The van der Waals surface area contributed by atoms with Gasteiger partial charge in [0, 0.05) is 0 Å². The van der Waals surface area contributed by atoms with E-state index in [-0.39, 0.29) is 6.10 Å². The van der Waals surface area contributed by atoms with Crippen LogP contribution in [0.15, 0.2) is 0 Å². The maximum Gasteiger partial charge on any atom is 0.332 e. The van der Waals surface area contributed by atoms with Crippen LogP contribution in [-0.4, -0.2) is 23.3 Å². The fourth-order valence-corrected chi connectivity index (χ4v) is 3.96. The molecule has 3 heteroatoms. The van der Waals surface area contributed by atoms with Crippen molar-refractivity contribution in [1.29, 1.82) is 0 Å². The molecule has 1 atom stereocenters. The predicted octanol–water partition coefficient (Wildman–Crippen LogP) is 4.40. The van der Waals surface area contributed by atoms with Crippen molar-refractivity contribution in [1.82, 2.24) is 0 Å². The van der Waals surface area contributed by atoms with Crippen LogP contribution in [0.2, 0.25) is 0 Å². The Bertz CT molecular complexity index is 289. The summed E-state index contributed by atoms with van der Waals surface area (Å²) in [5.74, 6) is 1.02. The molecule has 2 saturated carbocycles. The van der Waals surface area contributed by atoms with Gasteiger partial charge >= 0.3 is 5.97 Å². The summed E-state index contributed by atoms with van der Waals surface area (Å²) in [5.41, 5.74) is 0. The third-order valence-electron chi connectivity index (χ3n) is 5.19. The van der Waals surface area contributed by atoms with Gasteiger partial charge in [-0.3, -0.25) is 0 Å². The zero-order valence-corrected chi connectivity index (χ0v) is 12.9. The molecule has 0 bridgehead atoms. The van der Waals surface area contributed by atoms with Crippen LogP contribution >= 0.6 is 0 Å². The van der Waals surface area contributed by atoms with Crippen LogP contribution in [0.3, 0.4) is 0 Å². The van der Waals surface area contributed by atoms with Gasteiger partial charge in [-0.15, -0.1) is 0 Å². The summed E-state index contributed by atoms with van der Waals surface area (Å²) in [4.78, 5) is 11.0. The van der Waals surface area contributed by atoms with Gasteiger partial charge in [-0.2, -0.15) is 0 Å². The largest absolute Gasteiger partial charge is 0.479 e. The number of hydrogen-bond donors (Lipinski definition) is 1. The molecule has 0 aliphatic heterocycles. The molecule has 2 aliphatic carbocycles. The van der Waals surface area contributed by atoms with Gasteiger partial charge in [0.1, 0.15) is 0 Å². The van der Waals surface area contributed by atoms with Gasteiger partial charge in [0.15, 0.2) is 6.10 Å². The quantitative estimate of drug-likeness (QED) is 0.785. The Morgan fingerprint density at radius 2 is 1.65 bits per heavy atom. The normalized spacial score (nSPS) is 30.1. The van der Waals surface area contributed by atoms with Gasteiger partial charge < -0.3 is 9.84 Å². The second-order valence-electron chi connectivity index (χ2n) is 6.75. The minimum absolute atomic E-state index is 0.179. The van der Waals surface area contributed by atoms with Gasteiger partial charge in [-0.05, 0) is 50.4 Å². The summed E-state index contributed by atoms with van der Waals surface area (Å²) in [6, 6.07) is 0.